The van der Waals surface area contributed by atoms with Crippen LogP contribution >= 0.6 is 27.3 Å². The summed E-state index contributed by atoms with van der Waals surface area (Å²) in [5.41, 5.74) is 1.86. The van der Waals surface area contributed by atoms with Crippen molar-refractivity contribution in [1.82, 2.24) is 4.57 Å². The second-order valence-electron chi connectivity index (χ2n) is 7.49. The van der Waals surface area contributed by atoms with E-state index in [0.717, 1.165) is 10.0 Å². The molecule has 7 nitrogen and oxygen atoms in total. The highest BCUT2D eigenvalue weighted by Crippen LogP contribution is 2.30. The second-order valence-corrected chi connectivity index (χ2v) is 9.41. The summed E-state index contributed by atoms with van der Waals surface area (Å²) in [6, 6.07) is 13.8. The van der Waals surface area contributed by atoms with Gasteiger partial charge in [0.25, 0.3) is 5.56 Å². The highest BCUT2D eigenvalue weighted by Gasteiger charge is 2.33. The quantitative estimate of drug-likeness (QED) is 0.365. The zero-order valence-corrected chi connectivity index (χ0v) is 21.1. The highest BCUT2D eigenvalue weighted by atomic mass is 79.9. The standard InChI is InChI=1S/C25H21BrN2O5S/c1-4-32-24(31)21-14(2)27-25-28(22(21)16-8-6-5-7-9-16)23(30)20(34-25)13-17-12-18(26)10-11-19(17)33-15(3)29/h5-13,22H,4H2,1-3H3/b20-13-/t22-/m1/s1. The first-order chi connectivity index (χ1) is 16.3. The molecule has 0 N–H and O–H groups in total. The summed E-state index contributed by atoms with van der Waals surface area (Å²) in [5.74, 6) is -0.627. The van der Waals surface area contributed by atoms with Crippen molar-refractivity contribution in [3.8, 4) is 5.75 Å². The molecule has 0 saturated heterocycles. The number of rotatable bonds is 5. The number of thiazole rings is 1. The van der Waals surface area contributed by atoms with Gasteiger partial charge < -0.3 is 9.47 Å². The van der Waals surface area contributed by atoms with Gasteiger partial charge in [-0.2, -0.15) is 0 Å². The van der Waals surface area contributed by atoms with Crippen molar-refractivity contribution >= 4 is 45.3 Å². The van der Waals surface area contributed by atoms with Gasteiger partial charge in [-0.25, -0.2) is 9.79 Å². The van der Waals surface area contributed by atoms with Gasteiger partial charge in [-0.15, -0.1) is 0 Å². The van der Waals surface area contributed by atoms with Crippen LogP contribution in [0.1, 0.15) is 37.9 Å². The molecule has 0 spiro atoms. The Hall–Kier alpha value is -3.30. The van der Waals surface area contributed by atoms with Crippen LogP contribution in [0.3, 0.4) is 0 Å². The van der Waals surface area contributed by atoms with E-state index in [1.54, 1.807) is 38.1 Å². The van der Waals surface area contributed by atoms with Crippen molar-refractivity contribution in [3.05, 3.63) is 95.1 Å². The van der Waals surface area contributed by atoms with Crippen LogP contribution in [-0.2, 0) is 14.3 Å². The maximum Gasteiger partial charge on any atom is 0.338 e. The number of esters is 2. The molecular weight excluding hydrogens is 520 g/mol. The number of fused-ring (bicyclic) bond motifs is 1. The van der Waals surface area contributed by atoms with E-state index in [-0.39, 0.29) is 12.2 Å². The summed E-state index contributed by atoms with van der Waals surface area (Å²) in [5, 5.41) is 0. The van der Waals surface area contributed by atoms with E-state index in [1.807, 2.05) is 30.3 Å². The minimum atomic E-state index is -0.672. The number of halogens is 1. The zero-order valence-electron chi connectivity index (χ0n) is 18.7. The molecule has 0 saturated carbocycles. The van der Waals surface area contributed by atoms with E-state index >= 15 is 0 Å². The Bertz CT molecular complexity index is 1490. The van der Waals surface area contributed by atoms with Crippen LogP contribution in [0, 0.1) is 0 Å². The number of nitrogens with zero attached hydrogens (tertiary/aromatic N) is 2. The lowest BCUT2D eigenvalue weighted by Gasteiger charge is -2.24. The van der Waals surface area contributed by atoms with Crippen molar-refractivity contribution in [2.24, 2.45) is 4.99 Å². The molecule has 0 radical (unpaired) electrons. The maximum absolute atomic E-state index is 13.6. The van der Waals surface area contributed by atoms with Crippen LogP contribution < -0.4 is 19.6 Å². The number of hydrogen-bond acceptors (Lipinski definition) is 7. The van der Waals surface area contributed by atoms with Gasteiger partial charge in [0.15, 0.2) is 4.80 Å². The molecule has 0 bridgehead atoms. The van der Waals surface area contributed by atoms with Gasteiger partial charge in [0.1, 0.15) is 5.75 Å². The molecule has 34 heavy (non-hydrogen) atoms. The average Bonchev–Trinajstić information content (AvgIpc) is 3.09. The fourth-order valence-electron chi connectivity index (χ4n) is 3.76. The normalized spacial score (nSPS) is 15.5. The molecule has 1 aliphatic rings. The van der Waals surface area contributed by atoms with Crippen LogP contribution in [0.25, 0.3) is 6.08 Å². The van der Waals surface area contributed by atoms with Crippen molar-refractivity contribution in [2.45, 2.75) is 26.8 Å². The van der Waals surface area contributed by atoms with E-state index in [2.05, 4.69) is 20.9 Å². The number of benzene rings is 2. The fraction of sp³-hybridized carbons (Fsp3) is 0.200. The largest absolute Gasteiger partial charge is 0.463 e. The Morgan fingerprint density at radius 3 is 2.62 bits per heavy atom. The van der Waals surface area contributed by atoms with Crippen LogP contribution in [0.2, 0.25) is 0 Å². The molecule has 2 heterocycles. The van der Waals surface area contributed by atoms with Crippen molar-refractivity contribution < 1.29 is 19.1 Å². The lowest BCUT2D eigenvalue weighted by Crippen LogP contribution is -2.39. The Morgan fingerprint density at radius 2 is 1.94 bits per heavy atom. The zero-order chi connectivity index (χ0) is 24.4. The van der Waals surface area contributed by atoms with E-state index in [9.17, 15) is 14.4 Å². The molecule has 0 amide bonds. The van der Waals surface area contributed by atoms with Gasteiger partial charge in [0, 0.05) is 17.0 Å². The minimum Gasteiger partial charge on any atom is -0.463 e. The summed E-state index contributed by atoms with van der Waals surface area (Å²) in [4.78, 5) is 43.1. The van der Waals surface area contributed by atoms with E-state index in [1.165, 1.54) is 22.8 Å². The number of carbonyl (C=O) groups excluding carboxylic acids is 2. The number of allylic oxidation sites excluding steroid dienone is 1. The van der Waals surface area contributed by atoms with E-state index in [4.69, 9.17) is 9.47 Å². The third-order valence-electron chi connectivity index (χ3n) is 5.14. The van der Waals surface area contributed by atoms with Crippen LogP contribution in [0.4, 0.5) is 0 Å². The van der Waals surface area contributed by atoms with Gasteiger partial charge in [-0.1, -0.05) is 57.6 Å². The van der Waals surface area contributed by atoms with Gasteiger partial charge in [0.05, 0.1) is 28.5 Å². The molecule has 1 aromatic heterocycles. The number of carbonyl (C=O) groups is 2. The average molecular weight is 541 g/mol. The summed E-state index contributed by atoms with van der Waals surface area (Å²) >= 11 is 4.63. The molecule has 174 valence electrons. The molecule has 1 atom stereocenters. The van der Waals surface area contributed by atoms with Crippen LogP contribution in [-0.4, -0.2) is 23.1 Å². The number of ether oxygens (including phenoxy) is 2. The third-order valence-corrected chi connectivity index (χ3v) is 6.62. The molecule has 2 aromatic carbocycles. The monoisotopic (exact) mass is 540 g/mol. The van der Waals surface area contributed by atoms with Gasteiger partial charge in [-0.3, -0.25) is 14.2 Å². The third kappa shape index (κ3) is 4.67. The summed E-state index contributed by atoms with van der Waals surface area (Å²) < 4.78 is 13.3. The van der Waals surface area contributed by atoms with Crippen molar-refractivity contribution in [3.63, 3.8) is 0 Å². The lowest BCUT2D eigenvalue weighted by atomic mass is 9.96. The Morgan fingerprint density at radius 1 is 1.21 bits per heavy atom. The summed E-state index contributed by atoms with van der Waals surface area (Å²) in [6.07, 6.45) is 1.66. The van der Waals surface area contributed by atoms with E-state index < -0.39 is 18.0 Å². The van der Waals surface area contributed by atoms with Gasteiger partial charge in [0.2, 0.25) is 0 Å². The first kappa shape index (κ1) is 23.8. The second kappa shape index (κ2) is 9.90. The molecule has 9 heteroatoms. The molecular formula is C25H21BrN2O5S. The van der Waals surface area contributed by atoms with Crippen molar-refractivity contribution in [2.75, 3.05) is 6.61 Å². The predicted octanol–water partition coefficient (Wildman–Crippen LogP) is 3.49. The first-order valence-electron chi connectivity index (χ1n) is 10.5. The Balaban J connectivity index is 1.95. The number of hydrogen-bond donors (Lipinski definition) is 0. The topological polar surface area (TPSA) is 87.0 Å². The summed E-state index contributed by atoms with van der Waals surface area (Å²) in [7, 11) is 0. The van der Waals surface area contributed by atoms with Gasteiger partial charge >= 0.3 is 11.9 Å². The SMILES string of the molecule is CCOC(=O)C1=C(C)N=c2s/c(=C\c3cc(Br)ccc3OC(C)=O)c(=O)n2[C@@H]1c1ccccc1. The predicted molar refractivity (Wildman–Crippen MR) is 132 cm³/mol. The maximum atomic E-state index is 13.6. The smallest absolute Gasteiger partial charge is 0.338 e. The van der Waals surface area contributed by atoms with Gasteiger partial charge in [-0.05, 0) is 43.7 Å². The Kier molecular flexibility index (Phi) is 6.95. The number of aromatic nitrogens is 1. The minimum absolute atomic E-state index is 0.212. The van der Waals surface area contributed by atoms with Crippen LogP contribution in [0.15, 0.2) is 74.1 Å². The Labute approximate surface area is 207 Å². The van der Waals surface area contributed by atoms with Crippen molar-refractivity contribution in [1.29, 1.82) is 0 Å². The van der Waals surface area contributed by atoms with E-state index in [0.29, 0.717) is 31.9 Å². The first-order valence-corrected chi connectivity index (χ1v) is 12.1. The fourth-order valence-corrected chi connectivity index (χ4v) is 5.18. The highest BCUT2D eigenvalue weighted by molar-refractivity contribution is 9.10. The van der Waals surface area contributed by atoms with Crippen LogP contribution in [0.5, 0.6) is 5.75 Å². The molecule has 3 aromatic rings. The molecule has 0 fully saturated rings. The molecule has 1 aliphatic heterocycles. The summed E-state index contributed by atoms with van der Waals surface area (Å²) in [6.45, 7) is 5.01. The molecule has 0 unspecified atom stereocenters. The molecule has 0 aliphatic carbocycles. The lowest BCUT2D eigenvalue weighted by molar-refractivity contribution is -0.139. The molecule has 4 rings (SSSR count).